The van der Waals surface area contributed by atoms with Crippen LogP contribution in [0, 0.1) is 26.6 Å². The lowest BCUT2D eigenvalue weighted by Crippen LogP contribution is -2.21. The van der Waals surface area contributed by atoms with Gasteiger partial charge in [0.15, 0.2) is 11.4 Å². The average molecular weight is 340 g/mol. The van der Waals surface area contributed by atoms with Crippen molar-refractivity contribution in [3.05, 3.63) is 52.4 Å². The van der Waals surface area contributed by atoms with E-state index in [1.54, 1.807) is 20.8 Å². The van der Waals surface area contributed by atoms with E-state index in [2.05, 4.69) is 15.3 Å². The predicted octanol–water partition coefficient (Wildman–Crippen LogP) is 2.91. The molecule has 0 radical (unpaired) electrons. The van der Waals surface area contributed by atoms with Crippen LogP contribution in [0.4, 0.5) is 10.1 Å². The molecule has 8 heteroatoms. The molecule has 0 spiro atoms. The number of aromatic carboxylic acids is 1. The highest BCUT2D eigenvalue weighted by Crippen LogP contribution is 2.18. The van der Waals surface area contributed by atoms with Crippen LogP contribution in [0.15, 0.2) is 18.2 Å². The molecule has 0 aliphatic heterocycles. The maximum atomic E-state index is 13.3. The van der Waals surface area contributed by atoms with Crippen LogP contribution in [0.25, 0.3) is 0 Å². The largest absolute Gasteiger partial charge is 0.476 e. The van der Waals surface area contributed by atoms with Gasteiger partial charge in [0.2, 0.25) is 0 Å². The summed E-state index contributed by atoms with van der Waals surface area (Å²) in [4.78, 5) is 31.4. The van der Waals surface area contributed by atoms with Crippen LogP contribution >= 0.6 is 12.4 Å². The molecule has 1 aromatic heterocycles. The summed E-state index contributed by atoms with van der Waals surface area (Å²) >= 11 is 0. The molecule has 0 bridgehead atoms. The van der Waals surface area contributed by atoms with Crippen molar-refractivity contribution >= 4 is 30.0 Å². The second-order valence-corrected chi connectivity index (χ2v) is 4.81. The van der Waals surface area contributed by atoms with Crippen LogP contribution < -0.4 is 5.32 Å². The molecular weight excluding hydrogens is 325 g/mol. The zero-order valence-corrected chi connectivity index (χ0v) is 13.5. The van der Waals surface area contributed by atoms with Crippen molar-refractivity contribution in [2.24, 2.45) is 0 Å². The van der Waals surface area contributed by atoms with Gasteiger partial charge in [-0.15, -0.1) is 12.4 Å². The summed E-state index contributed by atoms with van der Waals surface area (Å²) in [6.45, 7) is 4.92. The molecule has 122 valence electrons. The fourth-order valence-electron chi connectivity index (χ4n) is 1.82. The van der Waals surface area contributed by atoms with E-state index >= 15 is 0 Å². The first-order chi connectivity index (χ1) is 10.3. The molecule has 1 heterocycles. The van der Waals surface area contributed by atoms with Crippen molar-refractivity contribution < 1.29 is 19.1 Å². The first-order valence-corrected chi connectivity index (χ1v) is 6.45. The maximum Gasteiger partial charge on any atom is 0.356 e. The molecule has 0 aliphatic carbocycles. The molecule has 2 aromatic rings. The summed E-state index contributed by atoms with van der Waals surface area (Å²) in [5.74, 6) is -2.61. The minimum Gasteiger partial charge on any atom is -0.476 e. The predicted molar refractivity (Wildman–Crippen MR) is 84.8 cm³/mol. The third-order valence-electron chi connectivity index (χ3n) is 3.17. The van der Waals surface area contributed by atoms with Gasteiger partial charge >= 0.3 is 5.97 Å². The fourth-order valence-corrected chi connectivity index (χ4v) is 1.82. The van der Waals surface area contributed by atoms with Gasteiger partial charge < -0.3 is 10.4 Å². The zero-order chi connectivity index (χ0) is 16.4. The molecule has 6 nitrogen and oxygen atoms in total. The molecule has 0 atom stereocenters. The molecule has 23 heavy (non-hydrogen) atoms. The number of carbonyl (C=O) groups excluding carboxylic acids is 1. The molecule has 0 saturated carbocycles. The SMILES string of the molecule is Cc1ccc(F)cc1NC(=O)c1nc(C)c(C)nc1C(=O)O.Cl. The molecular formula is C15H15ClFN3O3. The van der Waals surface area contributed by atoms with Crippen LogP contribution in [0.2, 0.25) is 0 Å². The highest BCUT2D eigenvalue weighted by molar-refractivity contribution is 6.08. The normalized spacial score (nSPS) is 9.91. The third kappa shape index (κ3) is 4.01. The van der Waals surface area contributed by atoms with E-state index in [4.69, 9.17) is 5.11 Å². The number of anilines is 1. The number of rotatable bonds is 3. The second-order valence-electron chi connectivity index (χ2n) is 4.81. The van der Waals surface area contributed by atoms with E-state index < -0.39 is 23.4 Å². The van der Waals surface area contributed by atoms with Gasteiger partial charge in [0, 0.05) is 5.69 Å². The van der Waals surface area contributed by atoms with Crippen LogP contribution in [0.5, 0.6) is 0 Å². The number of carboxylic acid groups (broad SMARTS) is 1. The van der Waals surface area contributed by atoms with Gasteiger partial charge in [-0.3, -0.25) is 4.79 Å². The first kappa shape index (κ1) is 18.5. The lowest BCUT2D eigenvalue weighted by atomic mass is 10.2. The molecule has 0 unspecified atom stereocenters. The number of hydrogen-bond donors (Lipinski definition) is 2. The topological polar surface area (TPSA) is 92.2 Å². The molecule has 2 N–H and O–H groups in total. The lowest BCUT2D eigenvalue weighted by Gasteiger charge is -2.10. The summed E-state index contributed by atoms with van der Waals surface area (Å²) in [5, 5.41) is 11.6. The Bertz CT molecular complexity index is 781. The number of aryl methyl sites for hydroxylation is 3. The highest BCUT2D eigenvalue weighted by Gasteiger charge is 2.22. The Balaban J connectivity index is 0.00000264. The highest BCUT2D eigenvalue weighted by atomic mass is 35.5. The maximum absolute atomic E-state index is 13.3. The lowest BCUT2D eigenvalue weighted by molar-refractivity contribution is 0.0684. The smallest absolute Gasteiger partial charge is 0.356 e. The van der Waals surface area contributed by atoms with Crippen LogP contribution in [-0.4, -0.2) is 27.0 Å². The van der Waals surface area contributed by atoms with E-state index in [1.807, 2.05) is 0 Å². The van der Waals surface area contributed by atoms with E-state index in [0.717, 1.165) is 6.07 Å². The average Bonchev–Trinajstić information content (AvgIpc) is 2.45. The summed E-state index contributed by atoms with van der Waals surface area (Å²) < 4.78 is 13.3. The quantitative estimate of drug-likeness (QED) is 0.897. The number of aromatic nitrogens is 2. The standard InChI is InChI=1S/C15H14FN3O3.ClH/c1-7-4-5-10(16)6-11(7)19-14(20)12-13(15(21)22)18-9(3)8(2)17-12;/h4-6H,1-3H3,(H,19,20)(H,21,22);1H. The van der Waals surface area contributed by atoms with E-state index in [-0.39, 0.29) is 23.8 Å². The Morgan fingerprint density at radius 1 is 1.09 bits per heavy atom. The number of nitrogens with one attached hydrogen (secondary N) is 1. The van der Waals surface area contributed by atoms with E-state index in [0.29, 0.717) is 17.0 Å². The molecule has 1 aromatic carbocycles. The van der Waals surface area contributed by atoms with Gasteiger partial charge in [-0.05, 0) is 38.5 Å². The van der Waals surface area contributed by atoms with Crippen LogP contribution in [-0.2, 0) is 0 Å². The Labute approximate surface area is 138 Å². The van der Waals surface area contributed by atoms with Gasteiger partial charge in [-0.25, -0.2) is 19.2 Å². The minimum absolute atomic E-state index is 0. The molecule has 0 aliphatic rings. The Morgan fingerprint density at radius 3 is 2.22 bits per heavy atom. The first-order valence-electron chi connectivity index (χ1n) is 6.45. The van der Waals surface area contributed by atoms with E-state index in [1.165, 1.54) is 12.1 Å². The van der Waals surface area contributed by atoms with Crippen molar-refractivity contribution in [1.82, 2.24) is 9.97 Å². The van der Waals surface area contributed by atoms with Crippen molar-refractivity contribution in [1.29, 1.82) is 0 Å². The number of carbonyl (C=O) groups is 2. The monoisotopic (exact) mass is 339 g/mol. The second kappa shape index (κ2) is 7.15. The van der Waals surface area contributed by atoms with Gasteiger partial charge in [-0.2, -0.15) is 0 Å². The number of halogens is 2. The third-order valence-corrected chi connectivity index (χ3v) is 3.17. The molecule has 0 saturated heterocycles. The number of benzene rings is 1. The van der Waals surface area contributed by atoms with Crippen LogP contribution in [0.3, 0.4) is 0 Å². The summed E-state index contributed by atoms with van der Waals surface area (Å²) in [6.07, 6.45) is 0. The van der Waals surface area contributed by atoms with Crippen molar-refractivity contribution in [2.75, 3.05) is 5.32 Å². The molecule has 2 rings (SSSR count). The molecule has 0 fully saturated rings. The van der Waals surface area contributed by atoms with Gasteiger partial charge in [0.25, 0.3) is 5.91 Å². The van der Waals surface area contributed by atoms with Crippen molar-refractivity contribution in [3.63, 3.8) is 0 Å². The number of hydrogen-bond acceptors (Lipinski definition) is 4. The van der Waals surface area contributed by atoms with Gasteiger partial charge in [-0.1, -0.05) is 6.07 Å². The number of amides is 1. The number of nitrogens with zero attached hydrogens (tertiary/aromatic N) is 2. The van der Waals surface area contributed by atoms with Crippen molar-refractivity contribution in [2.45, 2.75) is 20.8 Å². The number of carboxylic acids is 1. The van der Waals surface area contributed by atoms with Crippen LogP contribution in [0.1, 0.15) is 37.9 Å². The Hall–Kier alpha value is -2.54. The van der Waals surface area contributed by atoms with Gasteiger partial charge in [0.05, 0.1) is 11.4 Å². The van der Waals surface area contributed by atoms with E-state index in [9.17, 15) is 14.0 Å². The fraction of sp³-hybridized carbons (Fsp3) is 0.200. The van der Waals surface area contributed by atoms with Gasteiger partial charge in [0.1, 0.15) is 5.82 Å². The summed E-state index contributed by atoms with van der Waals surface area (Å²) in [5.41, 5.74) is 1.03. The summed E-state index contributed by atoms with van der Waals surface area (Å²) in [6, 6.07) is 3.93. The Kier molecular flexibility index (Phi) is 5.75. The Morgan fingerprint density at radius 2 is 1.65 bits per heavy atom. The molecule has 1 amide bonds. The minimum atomic E-state index is -1.35. The zero-order valence-electron chi connectivity index (χ0n) is 12.7. The summed E-state index contributed by atoms with van der Waals surface area (Å²) in [7, 11) is 0. The van der Waals surface area contributed by atoms with Crippen molar-refractivity contribution in [3.8, 4) is 0 Å².